The number of anilines is 2. The molecule has 5 amide bonds. The lowest BCUT2D eigenvalue weighted by molar-refractivity contribution is -0.136. The summed E-state index contributed by atoms with van der Waals surface area (Å²) in [6, 6.07) is 13.1. The van der Waals surface area contributed by atoms with Gasteiger partial charge in [0.05, 0.1) is 23.2 Å². The molecule has 0 spiro atoms. The van der Waals surface area contributed by atoms with Crippen LogP contribution in [0.1, 0.15) is 78.7 Å². The number of nitrogens with one attached hydrogen (secondary N) is 3. The van der Waals surface area contributed by atoms with Crippen molar-refractivity contribution in [1.29, 1.82) is 0 Å². The average Bonchev–Trinajstić information content (AvgIpc) is 3.73. The van der Waals surface area contributed by atoms with E-state index in [0.29, 0.717) is 49.6 Å². The van der Waals surface area contributed by atoms with E-state index in [1.165, 1.54) is 5.69 Å². The summed E-state index contributed by atoms with van der Waals surface area (Å²) < 4.78 is 0. The highest BCUT2D eigenvalue weighted by Gasteiger charge is 2.48. The van der Waals surface area contributed by atoms with Crippen LogP contribution in [-0.2, 0) is 25.6 Å². The zero-order valence-electron chi connectivity index (χ0n) is 30.2. The van der Waals surface area contributed by atoms with Gasteiger partial charge in [-0.2, -0.15) is 0 Å². The summed E-state index contributed by atoms with van der Waals surface area (Å²) in [5, 5.41) is 8.41. The van der Waals surface area contributed by atoms with E-state index in [9.17, 15) is 28.8 Å². The van der Waals surface area contributed by atoms with Gasteiger partial charge in [0.2, 0.25) is 17.7 Å². The Labute approximate surface area is 309 Å². The van der Waals surface area contributed by atoms with Crippen molar-refractivity contribution in [1.82, 2.24) is 20.4 Å². The van der Waals surface area contributed by atoms with Gasteiger partial charge in [-0.15, -0.1) is 0 Å². The van der Waals surface area contributed by atoms with Gasteiger partial charge in [0, 0.05) is 74.2 Å². The van der Waals surface area contributed by atoms with Crippen LogP contribution in [0.4, 0.5) is 11.4 Å². The number of hydrogen-bond acceptors (Lipinski definition) is 9. The molecule has 4 heterocycles. The first-order valence-corrected chi connectivity index (χ1v) is 18.7. The van der Waals surface area contributed by atoms with Crippen molar-refractivity contribution in [2.24, 2.45) is 5.92 Å². The molecule has 1 aliphatic carbocycles. The summed E-state index contributed by atoms with van der Waals surface area (Å²) in [4.78, 5) is 81.6. The van der Waals surface area contributed by atoms with E-state index >= 15 is 0 Å². The number of allylic oxidation sites excluding steroid dienone is 5. The van der Waals surface area contributed by atoms with Crippen LogP contribution >= 0.6 is 0 Å². The minimum Gasteiger partial charge on any atom is -0.384 e. The predicted molar refractivity (Wildman–Crippen MR) is 200 cm³/mol. The topological polar surface area (TPSA) is 148 Å². The van der Waals surface area contributed by atoms with Gasteiger partial charge in [-0.3, -0.25) is 39.0 Å². The van der Waals surface area contributed by atoms with E-state index in [2.05, 4.69) is 63.0 Å². The number of hydrogen-bond donors (Lipinski definition) is 3. The molecule has 12 nitrogen and oxygen atoms in total. The maximum atomic E-state index is 13.3. The molecule has 276 valence electrons. The lowest BCUT2D eigenvalue weighted by atomic mass is 9.96. The molecule has 0 aromatic heterocycles. The third-order valence-electron chi connectivity index (χ3n) is 11.3. The van der Waals surface area contributed by atoms with E-state index in [-0.39, 0.29) is 42.1 Å². The minimum atomic E-state index is -1.03. The largest absolute Gasteiger partial charge is 0.384 e. The van der Waals surface area contributed by atoms with Gasteiger partial charge >= 0.3 is 0 Å². The van der Waals surface area contributed by atoms with E-state index < -0.39 is 29.7 Å². The zero-order valence-corrected chi connectivity index (χ0v) is 30.2. The molecule has 4 atom stereocenters. The van der Waals surface area contributed by atoms with Crippen molar-refractivity contribution in [3.63, 3.8) is 0 Å². The number of fused-ring (bicyclic) bond motifs is 3. The van der Waals surface area contributed by atoms with Crippen LogP contribution in [0.2, 0.25) is 0 Å². The van der Waals surface area contributed by atoms with Gasteiger partial charge in [-0.1, -0.05) is 42.8 Å². The fraction of sp³-hybridized carbons (Fsp3) is 0.415. The van der Waals surface area contributed by atoms with Crippen molar-refractivity contribution < 1.29 is 28.8 Å². The Morgan fingerprint density at radius 3 is 2.58 bits per heavy atom. The Balaban J connectivity index is 0.852. The Kier molecular flexibility index (Phi) is 10.3. The third-order valence-corrected chi connectivity index (χ3v) is 11.3. The fourth-order valence-electron chi connectivity index (χ4n) is 8.32. The fourth-order valence-corrected chi connectivity index (χ4v) is 8.32. The van der Waals surface area contributed by atoms with E-state index in [4.69, 9.17) is 0 Å². The van der Waals surface area contributed by atoms with Gasteiger partial charge in [-0.25, -0.2) is 0 Å². The number of nitrogens with zero attached hydrogens (tertiary/aromatic N) is 3. The molecular weight excluding hydrogens is 672 g/mol. The highest BCUT2D eigenvalue weighted by Crippen LogP contribution is 2.39. The Morgan fingerprint density at radius 1 is 0.981 bits per heavy atom. The number of amides is 5. The predicted octanol–water partition coefficient (Wildman–Crippen LogP) is 3.90. The molecule has 3 saturated heterocycles. The zero-order chi connectivity index (χ0) is 37.2. The number of imide groups is 2. The van der Waals surface area contributed by atoms with Crippen LogP contribution in [0, 0.1) is 5.92 Å². The molecule has 2 aromatic rings. The summed E-state index contributed by atoms with van der Waals surface area (Å²) in [5.74, 6) is -1.71. The first-order chi connectivity index (χ1) is 25.6. The molecule has 4 aliphatic heterocycles. The SMILES string of the molecule is CC1=C(C(=O)/C=C/N2CC3[C@H](C)C2CN3c2cccc(CCNC(=O)CCCNc3cccc4c3C(=O)N(C3CCC(=O)NC3=O)C4=O)c2)C=CCC1. The van der Waals surface area contributed by atoms with Gasteiger partial charge < -0.3 is 20.4 Å². The number of ketones is 1. The normalized spacial score (nSPS) is 23.7. The van der Waals surface area contributed by atoms with Gasteiger partial charge in [0.25, 0.3) is 11.8 Å². The number of piperidine rings is 1. The van der Waals surface area contributed by atoms with Gasteiger partial charge in [0.15, 0.2) is 5.78 Å². The van der Waals surface area contributed by atoms with Crippen LogP contribution in [0.25, 0.3) is 0 Å². The first-order valence-electron chi connectivity index (χ1n) is 18.7. The highest BCUT2D eigenvalue weighted by molar-refractivity contribution is 6.25. The van der Waals surface area contributed by atoms with Crippen molar-refractivity contribution >= 4 is 46.7 Å². The lowest BCUT2D eigenvalue weighted by Crippen LogP contribution is -2.54. The summed E-state index contributed by atoms with van der Waals surface area (Å²) >= 11 is 0. The quantitative estimate of drug-likeness (QED) is 0.159. The smallest absolute Gasteiger partial charge is 0.264 e. The molecule has 5 aliphatic rings. The lowest BCUT2D eigenvalue weighted by Gasteiger charge is -2.35. The Bertz CT molecular complexity index is 1950. The first kappa shape index (κ1) is 35.9. The van der Waals surface area contributed by atoms with E-state index in [0.717, 1.165) is 47.5 Å². The second kappa shape index (κ2) is 15.2. The van der Waals surface area contributed by atoms with Crippen molar-refractivity contribution in [2.75, 3.05) is 36.4 Å². The Hall–Kier alpha value is -5.52. The number of carbonyl (C=O) groups is 6. The molecule has 3 unspecified atom stereocenters. The number of rotatable bonds is 13. The molecule has 12 heteroatoms. The van der Waals surface area contributed by atoms with Crippen LogP contribution in [-0.4, -0.2) is 89.4 Å². The summed E-state index contributed by atoms with van der Waals surface area (Å²) in [7, 11) is 0. The van der Waals surface area contributed by atoms with E-state index in [1.807, 2.05) is 19.2 Å². The molecule has 7 rings (SSSR count). The molecule has 2 aromatic carbocycles. The maximum absolute atomic E-state index is 13.3. The molecule has 3 fully saturated rings. The number of carbonyl (C=O) groups excluding carboxylic acids is 6. The highest BCUT2D eigenvalue weighted by atomic mass is 16.2. The second-order valence-electron chi connectivity index (χ2n) is 14.6. The van der Waals surface area contributed by atoms with Gasteiger partial charge in [-0.05, 0) is 68.9 Å². The third kappa shape index (κ3) is 7.27. The van der Waals surface area contributed by atoms with Crippen molar-refractivity contribution in [2.45, 2.75) is 76.9 Å². The summed E-state index contributed by atoms with van der Waals surface area (Å²) in [5.41, 5.74) is 5.19. The minimum absolute atomic E-state index is 0.0579. The molecule has 3 N–H and O–H groups in total. The van der Waals surface area contributed by atoms with Gasteiger partial charge in [0.1, 0.15) is 6.04 Å². The van der Waals surface area contributed by atoms with Crippen LogP contribution < -0.4 is 20.9 Å². The summed E-state index contributed by atoms with van der Waals surface area (Å²) in [6.07, 6.45) is 11.4. The number of benzene rings is 2. The standard InChI is InChI=1S/C41H46N6O6/c1-25-8-3-4-11-29(25)35(48)18-21-45-23-34-26(2)33(45)24-46(34)28-10-5-9-27(22-28)17-20-43-36(49)14-7-19-42-31-13-6-12-30-38(31)41(53)47(40(30)52)32-15-16-37(50)44-39(32)51/h4-6,9-13,18,21-22,26,32-34,42H,3,7-8,14-17,19-20,23-24H2,1-2H3,(H,43,49)(H,44,50,51)/b21-18+/t26-,32?,33?,34?/m1/s1. The monoisotopic (exact) mass is 718 g/mol. The number of likely N-dealkylation sites (tertiary alicyclic amines) is 1. The summed E-state index contributed by atoms with van der Waals surface area (Å²) in [6.45, 7) is 7.02. The van der Waals surface area contributed by atoms with Crippen LogP contribution in [0.15, 0.2) is 78.0 Å². The number of piperazine rings is 1. The molecule has 0 radical (unpaired) electrons. The average molecular weight is 719 g/mol. The van der Waals surface area contributed by atoms with Crippen molar-refractivity contribution in [3.05, 3.63) is 94.7 Å². The molecule has 0 saturated carbocycles. The Morgan fingerprint density at radius 2 is 1.81 bits per heavy atom. The van der Waals surface area contributed by atoms with Crippen LogP contribution in [0.3, 0.4) is 0 Å². The molecule has 53 heavy (non-hydrogen) atoms. The molecular formula is C41H46N6O6. The molecule has 2 bridgehead atoms. The van der Waals surface area contributed by atoms with Crippen molar-refractivity contribution in [3.8, 4) is 0 Å². The van der Waals surface area contributed by atoms with Crippen LogP contribution in [0.5, 0.6) is 0 Å². The van der Waals surface area contributed by atoms with E-state index in [1.54, 1.807) is 24.3 Å². The second-order valence-corrected chi connectivity index (χ2v) is 14.6. The maximum Gasteiger partial charge on any atom is 0.264 e.